The molecular formula is C13H17NO2. The average Bonchev–Trinajstić information content (AvgIpc) is 2.15. The molecule has 2 rings (SSSR count). The van der Waals surface area contributed by atoms with Gasteiger partial charge in [0.2, 0.25) is 0 Å². The van der Waals surface area contributed by atoms with Crippen LogP contribution in [0.15, 0.2) is 30.3 Å². The summed E-state index contributed by atoms with van der Waals surface area (Å²) >= 11 is 0. The first kappa shape index (κ1) is 11.1. The van der Waals surface area contributed by atoms with Gasteiger partial charge in [0.1, 0.15) is 0 Å². The summed E-state index contributed by atoms with van der Waals surface area (Å²) in [6.07, 6.45) is 0.993. The third-order valence-electron chi connectivity index (χ3n) is 3.26. The lowest BCUT2D eigenvalue weighted by molar-refractivity contribution is -0.148. The van der Waals surface area contributed by atoms with Gasteiger partial charge in [0.15, 0.2) is 0 Å². The second kappa shape index (κ2) is 4.66. The van der Waals surface area contributed by atoms with E-state index in [4.69, 9.17) is 5.11 Å². The van der Waals surface area contributed by atoms with E-state index in [2.05, 4.69) is 24.0 Å². The average molecular weight is 219 g/mol. The molecule has 0 aliphatic carbocycles. The molecule has 1 saturated heterocycles. The van der Waals surface area contributed by atoms with Gasteiger partial charge in [0.05, 0.1) is 5.92 Å². The SMILES string of the molecule is C[C@@H](Cc1ccccc1)N1CC(C(=O)O)C1. The van der Waals surface area contributed by atoms with Gasteiger partial charge in [0.25, 0.3) is 0 Å². The number of nitrogens with zero attached hydrogens (tertiary/aromatic N) is 1. The van der Waals surface area contributed by atoms with Crippen LogP contribution in [0.2, 0.25) is 0 Å². The number of benzene rings is 1. The molecule has 1 fully saturated rings. The summed E-state index contributed by atoms with van der Waals surface area (Å²) in [5.41, 5.74) is 1.31. The van der Waals surface area contributed by atoms with E-state index in [1.165, 1.54) is 5.56 Å². The number of rotatable bonds is 4. The van der Waals surface area contributed by atoms with E-state index in [9.17, 15) is 4.79 Å². The van der Waals surface area contributed by atoms with Crippen LogP contribution in [0.1, 0.15) is 12.5 Å². The van der Waals surface area contributed by atoms with Gasteiger partial charge < -0.3 is 5.11 Å². The van der Waals surface area contributed by atoms with Gasteiger partial charge in [-0.05, 0) is 18.9 Å². The summed E-state index contributed by atoms with van der Waals surface area (Å²) in [6, 6.07) is 10.8. The van der Waals surface area contributed by atoms with Crippen molar-refractivity contribution in [3.63, 3.8) is 0 Å². The van der Waals surface area contributed by atoms with Crippen LogP contribution in [0.25, 0.3) is 0 Å². The Morgan fingerprint density at radius 1 is 1.44 bits per heavy atom. The summed E-state index contributed by atoms with van der Waals surface area (Å²) in [7, 11) is 0. The summed E-state index contributed by atoms with van der Waals surface area (Å²) in [6.45, 7) is 3.55. The molecule has 0 spiro atoms. The van der Waals surface area contributed by atoms with E-state index < -0.39 is 5.97 Å². The Morgan fingerprint density at radius 2 is 2.06 bits per heavy atom. The number of carboxylic acid groups (broad SMARTS) is 1. The summed E-state index contributed by atoms with van der Waals surface area (Å²) in [5.74, 6) is -0.818. The van der Waals surface area contributed by atoms with Crippen molar-refractivity contribution in [1.82, 2.24) is 4.90 Å². The lowest BCUT2D eigenvalue weighted by atomic mass is 9.95. The normalized spacial score (nSPS) is 19.1. The molecular weight excluding hydrogens is 202 g/mol. The Kier molecular flexibility index (Phi) is 3.25. The maximum atomic E-state index is 10.7. The highest BCUT2D eigenvalue weighted by atomic mass is 16.4. The Labute approximate surface area is 95.7 Å². The quantitative estimate of drug-likeness (QED) is 0.836. The fraction of sp³-hybridized carbons (Fsp3) is 0.462. The molecule has 1 aromatic carbocycles. The number of hydrogen-bond acceptors (Lipinski definition) is 2. The van der Waals surface area contributed by atoms with Crippen molar-refractivity contribution in [2.24, 2.45) is 5.92 Å². The molecule has 86 valence electrons. The fourth-order valence-corrected chi connectivity index (χ4v) is 2.11. The van der Waals surface area contributed by atoms with Gasteiger partial charge in [-0.25, -0.2) is 0 Å². The topological polar surface area (TPSA) is 40.5 Å². The van der Waals surface area contributed by atoms with E-state index >= 15 is 0 Å². The minimum absolute atomic E-state index is 0.154. The monoisotopic (exact) mass is 219 g/mol. The van der Waals surface area contributed by atoms with Crippen LogP contribution in [0.3, 0.4) is 0 Å². The minimum Gasteiger partial charge on any atom is -0.481 e. The second-order valence-electron chi connectivity index (χ2n) is 4.53. The standard InChI is InChI=1S/C13H17NO2/c1-10(7-11-5-3-2-4-6-11)14-8-12(9-14)13(15)16/h2-6,10,12H,7-9H2,1H3,(H,15,16)/t10-/m0/s1. The predicted molar refractivity (Wildman–Crippen MR) is 62.3 cm³/mol. The fourth-order valence-electron chi connectivity index (χ4n) is 2.11. The lowest BCUT2D eigenvalue weighted by Crippen LogP contribution is -2.54. The van der Waals surface area contributed by atoms with E-state index in [-0.39, 0.29) is 5.92 Å². The van der Waals surface area contributed by atoms with Crippen molar-refractivity contribution < 1.29 is 9.90 Å². The van der Waals surface area contributed by atoms with Crippen molar-refractivity contribution >= 4 is 5.97 Å². The van der Waals surface area contributed by atoms with Gasteiger partial charge in [-0.15, -0.1) is 0 Å². The van der Waals surface area contributed by atoms with Gasteiger partial charge in [-0.3, -0.25) is 9.69 Å². The van der Waals surface area contributed by atoms with Crippen molar-refractivity contribution in [2.45, 2.75) is 19.4 Å². The van der Waals surface area contributed by atoms with E-state index in [1.807, 2.05) is 18.2 Å². The number of carbonyl (C=O) groups is 1. The highest BCUT2D eigenvalue weighted by Crippen LogP contribution is 2.20. The first-order chi connectivity index (χ1) is 7.66. The molecule has 0 unspecified atom stereocenters. The molecule has 1 heterocycles. The molecule has 0 radical (unpaired) electrons. The smallest absolute Gasteiger partial charge is 0.309 e. The second-order valence-corrected chi connectivity index (χ2v) is 4.53. The third kappa shape index (κ3) is 2.42. The van der Waals surface area contributed by atoms with Crippen LogP contribution in [0, 0.1) is 5.92 Å². The van der Waals surface area contributed by atoms with Crippen LogP contribution >= 0.6 is 0 Å². The molecule has 0 amide bonds. The van der Waals surface area contributed by atoms with E-state index in [1.54, 1.807) is 0 Å². The van der Waals surface area contributed by atoms with Gasteiger partial charge in [-0.2, -0.15) is 0 Å². The summed E-state index contributed by atoms with van der Waals surface area (Å²) in [5, 5.41) is 8.80. The molecule has 16 heavy (non-hydrogen) atoms. The third-order valence-corrected chi connectivity index (χ3v) is 3.26. The minimum atomic E-state index is -0.664. The molecule has 1 atom stereocenters. The first-order valence-corrected chi connectivity index (χ1v) is 5.67. The Bertz CT molecular complexity index is 357. The number of carboxylic acids is 1. The maximum absolute atomic E-state index is 10.7. The van der Waals surface area contributed by atoms with Crippen LogP contribution < -0.4 is 0 Å². The molecule has 0 aromatic heterocycles. The highest BCUT2D eigenvalue weighted by molar-refractivity contribution is 5.71. The molecule has 3 nitrogen and oxygen atoms in total. The molecule has 3 heteroatoms. The molecule has 1 aliphatic heterocycles. The van der Waals surface area contributed by atoms with Gasteiger partial charge >= 0.3 is 5.97 Å². The van der Waals surface area contributed by atoms with Crippen molar-refractivity contribution in [3.8, 4) is 0 Å². The molecule has 0 bridgehead atoms. The zero-order valence-electron chi connectivity index (χ0n) is 9.47. The van der Waals surface area contributed by atoms with Crippen molar-refractivity contribution in [3.05, 3.63) is 35.9 Å². The largest absolute Gasteiger partial charge is 0.481 e. The maximum Gasteiger partial charge on any atom is 0.309 e. The van der Waals surface area contributed by atoms with Crippen molar-refractivity contribution in [2.75, 3.05) is 13.1 Å². The Balaban J connectivity index is 1.82. The van der Waals surface area contributed by atoms with Crippen molar-refractivity contribution in [1.29, 1.82) is 0 Å². The van der Waals surface area contributed by atoms with Crippen LogP contribution in [0.4, 0.5) is 0 Å². The number of likely N-dealkylation sites (tertiary alicyclic amines) is 1. The molecule has 0 saturated carbocycles. The summed E-state index contributed by atoms with van der Waals surface area (Å²) in [4.78, 5) is 12.9. The predicted octanol–water partition coefficient (Wildman–Crippen LogP) is 1.63. The van der Waals surface area contributed by atoms with Crippen LogP contribution in [-0.2, 0) is 11.2 Å². The Morgan fingerprint density at radius 3 is 2.62 bits per heavy atom. The Hall–Kier alpha value is -1.35. The lowest BCUT2D eigenvalue weighted by Gasteiger charge is -2.41. The van der Waals surface area contributed by atoms with Crippen LogP contribution in [-0.4, -0.2) is 35.1 Å². The zero-order valence-corrected chi connectivity index (χ0v) is 9.47. The first-order valence-electron chi connectivity index (χ1n) is 5.67. The van der Waals surface area contributed by atoms with Gasteiger partial charge in [-0.1, -0.05) is 30.3 Å². The molecule has 1 aliphatic rings. The van der Waals surface area contributed by atoms with Gasteiger partial charge in [0, 0.05) is 19.1 Å². The van der Waals surface area contributed by atoms with E-state index in [0.29, 0.717) is 19.1 Å². The highest BCUT2D eigenvalue weighted by Gasteiger charge is 2.34. The number of hydrogen-bond donors (Lipinski definition) is 1. The van der Waals surface area contributed by atoms with E-state index in [0.717, 1.165) is 6.42 Å². The summed E-state index contributed by atoms with van der Waals surface area (Å²) < 4.78 is 0. The molecule has 1 N–H and O–H groups in total. The van der Waals surface area contributed by atoms with Crippen LogP contribution in [0.5, 0.6) is 0 Å². The number of aliphatic carboxylic acids is 1. The zero-order chi connectivity index (χ0) is 11.5. The molecule has 1 aromatic rings.